The van der Waals surface area contributed by atoms with Crippen LogP contribution in [-0.2, 0) is 0 Å². The highest BCUT2D eigenvalue weighted by Crippen LogP contribution is 2.27. The number of nitrogens with two attached hydrogens (primary N) is 1. The van der Waals surface area contributed by atoms with Crippen molar-refractivity contribution in [3.05, 3.63) is 0 Å². The molecule has 1 nitrogen and oxygen atoms in total. The fourth-order valence-electron chi connectivity index (χ4n) is 1.72. The molecule has 1 aliphatic carbocycles. The van der Waals surface area contributed by atoms with Crippen LogP contribution in [-0.4, -0.2) is 6.04 Å². The van der Waals surface area contributed by atoms with Crippen molar-refractivity contribution < 1.29 is 0 Å². The van der Waals surface area contributed by atoms with Gasteiger partial charge in [-0.3, -0.25) is 0 Å². The first-order chi connectivity index (χ1) is 5.34. The minimum Gasteiger partial charge on any atom is -0.327 e. The quantitative estimate of drug-likeness (QED) is 0.655. The van der Waals surface area contributed by atoms with Crippen LogP contribution in [0.15, 0.2) is 0 Å². The molecule has 0 aromatic carbocycles. The summed E-state index contributed by atoms with van der Waals surface area (Å²) in [6.07, 6.45) is 6.76. The van der Waals surface area contributed by atoms with E-state index in [4.69, 9.17) is 5.73 Å². The second-order valence-electron chi connectivity index (χ2n) is 3.12. The van der Waals surface area contributed by atoms with E-state index in [-0.39, 0.29) is 0 Å². The van der Waals surface area contributed by atoms with Gasteiger partial charge in [-0.2, -0.15) is 0 Å². The third kappa shape index (κ3) is 3.76. The molecule has 0 radical (unpaired) electrons. The summed E-state index contributed by atoms with van der Waals surface area (Å²) in [6.45, 7) is 6.18. The van der Waals surface area contributed by atoms with E-state index in [1.54, 1.807) is 0 Å². The Morgan fingerprint density at radius 3 is 2.09 bits per heavy atom. The third-order valence-electron chi connectivity index (χ3n) is 2.48. The lowest BCUT2D eigenvalue weighted by atomic mass is 9.97. The molecule has 0 spiro atoms. The van der Waals surface area contributed by atoms with Gasteiger partial charge in [-0.05, 0) is 25.2 Å². The zero-order valence-corrected chi connectivity index (χ0v) is 8.27. The van der Waals surface area contributed by atoms with Crippen LogP contribution in [0.1, 0.15) is 52.9 Å². The lowest BCUT2D eigenvalue weighted by molar-refractivity contribution is 0.422. The lowest BCUT2D eigenvalue weighted by Gasteiger charge is -2.15. The normalized spacial score (nSPS) is 20.7. The summed E-state index contributed by atoms with van der Waals surface area (Å²) >= 11 is 0. The molecule has 0 amide bonds. The van der Waals surface area contributed by atoms with Gasteiger partial charge in [-0.25, -0.2) is 0 Å². The molecule has 1 heteroatoms. The van der Waals surface area contributed by atoms with Crippen molar-refractivity contribution in [3.8, 4) is 0 Å². The summed E-state index contributed by atoms with van der Waals surface area (Å²) in [4.78, 5) is 0. The second-order valence-corrected chi connectivity index (χ2v) is 3.12. The van der Waals surface area contributed by atoms with Gasteiger partial charge in [-0.1, -0.05) is 33.6 Å². The topological polar surface area (TPSA) is 26.0 Å². The first-order valence-electron chi connectivity index (χ1n) is 5.10. The lowest BCUT2D eigenvalue weighted by Crippen LogP contribution is -2.26. The van der Waals surface area contributed by atoms with E-state index in [0.29, 0.717) is 6.04 Å². The first-order valence-corrected chi connectivity index (χ1v) is 5.10. The molecule has 1 atom stereocenters. The summed E-state index contributed by atoms with van der Waals surface area (Å²) in [5.74, 6) is 0.856. The molecule has 0 aromatic heterocycles. The van der Waals surface area contributed by atoms with Crippen molar-refractivity contribution in [2.45, 2.75) is 58.9 Å². The fraction of sp³-hybridized carbons (Fsp3) is 1.00. The maximum atomic E-state index is 5.88. The van der Waals surface area contributed by atoms with Gasteiger partial charge in [0.1, 0.15) is 0 Å². The van der Waals surface area contributed by atoms with Crippen molar-refractivity contribution in [1.29, 1.82) is 0 Å². The van der Waals surface area contributed by atoms with Crippen molar-refractivity contribution in [1.82, 2.24) is 0 Å². The van der Waals surface area contributed by atoms with Crippen molar-refractivity contribution in [3.63, 3.8) is 0 Å². The summed E-state index contributed by atoms with van der Waals surface area (Å²) < 4.78 is 0. The van der Waals surface area contributed by atoms with Gasteiger partial charge >= 0.3 is 0 Å². The summed E-state index contributed by atoms with van der Waals surface area (Å²) in [6, 6.07) is 0.493. The van der Waals surface area contributed by atoms with E-state index in [1.807, 2.05) is 13.8 Å². The fourth-order valence-corrected chi connectivity index (χ4v) is 1.72. The number of rotatable bonds is 2. The van der Waals surface area contributed by atoms with Gasteiger partial charge in [0.2, 0.25) is 0 Å². The van der Waals surface area contributed by atoms with Gasteiger partial charge < -0.3 is 5.73 Å². The first kappa shape index (κ1) is 11.0. The highest BCUT2D eigenvalue weighted by molar-refractivity contribution is 4.76. The monoisotopic (exact) mass is 157 g/mol. The van der Waals surface area contributed by atoms with Crippen LogP contribution in [0.2, 0.25) is 0 Å². The van der Waals surface area contributed by atoms with E-state index >= 15 is 0 Å². The highest BCUT2D eigenvalue weighted by atomic mass is 14.6. The molecule has 11 heavy (non-hydrogen) atoms. The zero-order chi connectivity index (χ0) is 8.69. The minimum atomic E-state index is 0.493. The molecule has 0 bridgehead atoms. The average molecular weight is 157 g/mol. The van der Waals surface area contributed by atoms with E-state index in [0.717, 1.165) is 12.3 Å². The van der Waals surface area contributed by atoms with Crippen LogP contribution in [0, 0.1) is 5.92 Å². The van der Waals surface area contributed by atoms with E-state index < -0.39 is 0 Å². The highest BCUT2D eigenvalue weighted by Gasteiger charge is 2.19. The molecule has 1 rings (SSSR count). The van der Waals surface area contributed by atoms with Gasteiger partial charge in [0.25, 0.3) is 0 Å². The molecule has 2 N–H and O–H groups in total. The van der Waals surface area contributed by atoms with Crippen LogP contribution in [0.5, 0.6) is 0 Å². The third-order valence-corrected chi connectivity index (χ3v) is 2.48. The Morgan fingerprint density at radius 2 is 1.73 bits per heavy atom. The average Bonchev–Trinajstić information content (AvgIpc) is 2.59. The Labute approximate surface area is 71.4 Å². The predicted molar refractivity (Wildman–Crippen MR) is 51.6 cm³/mol. The number of hydrogen-bond donors (Lipinski definition) is 1. The minimum absolute atomic E-state index is 0.493. The molecule has 0 saturated heterocycles. The van der Waals surface area contributed by atoms with Gasteiger partial charge in [0.05, 0.1) is 0 Å². The Bertz CT molecular complexity index is 74.9. The summed E-state index contributed by atoms with van der Waals surface area (Å²) in [5.41, 5.74) is 5.88. The molecule has 0 aromatic rings. The van der Waals surface area contributed by atoms with Crippen molar-refractivity contribution in [2.75, 3.05) is 0 Å². The van der Waals surface area contributed by atoms with Gasteiger partial charge in [-0.15, -0.1) is 0 Å². The van der Waals surface area contributed by atoms with Crippen LogP contribution >= 0.6 is 0 Å². The van der Waals surface area contributed by atoms with E-state index in [9.17, 15) is 0 Å². The largest absolute Gasteiger partial charge is 0.327 e. The molecule has 1 fully saturated rings. The number of hydrogen-bond acceptors (Lipinski definition) is 1. The van der Waals surface area contributed by atoms with Crippen molar-refractivity contribution >= 4 is 0 Å². The van der Waals surface area contributed by atoms with Crippen molar-refractivity contribution in [2.24, 2.45) is 11.7 Å². The molecule has 0 aliphatic heterocycles. The molecular formula is C10H23N. The van der Waals surface area contributed by atoms with Gasteiger partial charge in [0, 0.05) is 6.04 Å². The maximum absolute atomic E-state index is 5.88. The Balaban J connectivity index is 0.000000461. The molecule has 1 saturated carbocycles. The van der Waals surface area contributed by atoms with E-state index in [1.165, 1.54) is 25.7 Å². The summed E-state index contributed by atoms with van der Waals surface area (Å²) in [5, 5.41) is 0. The maximum Gasteiger partial charge on any atom is 0.00645 e. The SMILES string of the molecule is CC.CCC(N)C1CCCC1. The molecule has 68 valence electrons. The van der Waals surface area contributed by atoms with Crippen LogP contribution < -0.4 is 5.73 Å². The Hall–Kier alpha value is -0.0400. The standard InChI is InChI=1S/C8H17N.C2H6/c1-2-8(9)7-5-3-4-6-7;1-2/h7-8H,2-6,9H2,1H3;1-2H3. The zero-order valence-electron chi connectivity index (χ0n) is 8.27. The van der Waals surface area contributed by atoms with Crippen LogP contribution in [0.25, 0.3) is 0 Å². The predicted octanol–water partition coefficient (Wildman–Crippen LogP) is 2.94. The van der Waals surface area contributed by atoms with Gasteiger partial charge in [0.15, 0.2) is 0 Å². The molecule has 0 heterocycles. The summed E-state index contributed by atoms with van der Waals surface area (Å²) in [7, 11) is 0. The Kier molecular flexibility index (Phi) is 6.63. The van der Waals surface area contributed by atoms with Crippen LogP contribution in [0.3, 0.4) is 0 Å². The molecule has 1 aliphatic rings. The van der Waals surface area contributed by atoms with E-state index in [2.05, 4.69) is 6.92 Å². The molecular weight excluding hydrogens is 134 g/mol. The smallest absolute Gasteiger partial charge is 0.00645 e. The van der Waals surface area contributed by atoms with Crippen LogP contribution in [0.4, 0.5) is 0 Å². The second kappa shape index (κ2) is 6.66. The Morgan fingerprint density at radius 1 is 1.27 bits per heavy atom. The molecule has 1 unspecified atom stereocenters.